The summed E-state index contributed by atoms with van der Waals surface area (Å²) in [5, 5.41) is 2.19. The highest BCUT2D eigenvalue weighted by molar-refractivity contribution is 7.21. The fourth-order valence-electron chi connectivity index (χ4n) is 1.72. The molecule has 0 aliphatic heterocycles. The molecule has 3 rings (SSSR count). The predicted octanol–water partition coefficient (Wildman–Crippen LogP) is 4.85. The molecule has 0 amide bonds. The maximum absolute atomic E-state index is 6.18. The van der Waals surface area contributed by atoms with Crippen molar-refractivity contribution in [3.8, 4) is 10.6 Å². The number of benzene rings is 2. The van der Waals surface area contributed by atoms with E-state index in [9.17, 15) is 0 Å². The molecular weight excluding hydrogens is 287 g/mol. The summed E-state index contributed by atoms with van der Waals surface area (Å²) in [6.07, 6.45) is 0. The summed E-state index contributed by atoms with van der Waals surface area (Å²) in [4.78, 5) is 4.55. The Morgan fingerprint density at radius 3 is 2.67 bits per heavy atom. The third-order valence-electron chi connectivity index (χ3n) is 2.57. The molecule has 5 heteroatoms. The van der Waals surface area contributed by atoms with Crippen molar-refractivity contribution in [3.63, 3.8) is 0 Å². The Morgan fingerprint density at radius 1 is 1.06 bits per heavy atom. The third kappa shape index (κ3) is 2.05. The topological polar surface area (TPSA) is 38.9 Å². The molecule has 0 aliphatic rings. The largest absolute Gasteiger partial charge is 0.399 e. The van der Waals surface area contributed by atoms with Crippen molar-refractivity contribution in [1.82, 2.24) is 4.98 Å². The minimum absolute atomic E-state index is 0.611. The van der Waals surface area contributed by atoms with E-state index in [1.165, 1.54) is 0 Å². The van der Waals surface area contributed by atoms with Gasteiger partial charge in [-0.2, -0.15) is 0 Å². The number of thiazole rings is 1. The SMILES string of the molecule is Nc1ccc(-c2nc3ccc(Cl)cc3s2)c(Cl)c1. The quantitative estimate of drug-likeness (QED) is 0.652. The summed E-state index contributed by atoms with van der Waals surface area (Å²) in [5.41, 5.74) is 8.14. The van der Waals surface area contributed by atoms with Gasteiger partial charge in [-0.15, -0.1) is 11.3 Å². The lowest BCUT2D eigenvalue weighted by Crippen LogP contribution is -1.85. The zero-order valence-corrected chi connectivity index (χ0v) is 11.5. The van der Waals surface area contributed by atoms with E-state index in [1.807, 2.05) is 30.3 Å². The van der Waals surface area contributed by atoms with Gasteiger partial charge in [0.1, 0.15) is 5.01 Å². The van der Waals surface area contributed by atoms with Gasteiger partial charge in [-0.05, 0) is 36.4 Å². The van der Waals surface area contributed by atoms with Crippen LogP contribution in [0.2, 0.25) is 10.0 Å². The monoisotopic (exact) mass is 294 g/mol. The second kappa shape index (κ2) is 4.43. The standard InChI is InChI=1S/C13H8Cl2N2S/c14-7-1-4-11-12(5-7)18-13(17-11)9-3-2-8(16)6-10(9)15/h1-6H,16H2. The van der Waals surface area contributed by atoms with Crippen LogP contribution in [0.4, 0.5) is 5.69 Å². The molecule has 2 nitrogen and oxygen atoms in total. The van der Waals surface area contributed by atoms with Crippen molar-refractivity contribution in [3.05, 3.63) is 46.4 Å². The van der Waals surface area contributed by atoms with Gasteiger partial charge >= 0.3 is 0 Å². The summed E-state index contributed by atoms with van der Waals surface area (Å²) in [6, 6.07) is 11.1. The first-order chi connectivity index (χ1) is 8.63. The molecular formula is C13H8Cl2N2S. The molecule has 3 aromatic rings. The van der Waals surface area contributed by atoms with Gasteiger partial charge in [-0.25, -0.2) is 4.98 Å². The average molecular weight is 295 g/mol. The van der Waals surface area contributed by atoms with Crippen LogP contribution in [0.3, 0.4) is 0 Å². The highest BCUT2D eigenvalue weighted by Gasteiger charge is 2.10. The molecule has 2 aromatic carbocycles. The first-order valence-electron chi connectivity index (χ1n) is 5.25. The van der Waals surface area contributed by atoms with Crippen molar-refractivity contribution >= 4 is 50.4 Å². The van der Waals surface area contributed by atoms with E-state index in [0.717, 1.165) is 20.8 Å². The molecule has 0 atom stereocenters. The molecule has 0 radical (unpaired) electrons. The van der Waals surface area contributed by atoms with Gasteiger partial charge in [0.05, 0.1) is 15.2 Å². The molecule has 0 bridgehead atoms. The molecule has 1 heterocycles. The Labute approximate surface area is 118 Å². The second-order valence-electron chi connectivity index (χ2n) is 3.87. The molecule has 1 aromatic heterocycles. The highest BCUT2D eigenvalue weighted by atomic mass is 35.5. The van der Waals surface area contributed by atoms with Gasteiger partial charge in [0.15, 0.2) is 0 Å². The molecule has 0 spiro atoms. The Kier molecular flexibility index (Phi) is 2.90. The number of nitrogen functional groups attached to an aromatic ring is 1. The van der Waals surface area contributed by atoms with E-state index < -0.39 is 0 Å². The lowest BCUT2D eigenvalue weighted by atomic mass is 10.2. The van der Waals surface area contributed by atoms with Crippen molar-refractivity contribution in [2.45, 2.75) is 0 Å². The molecule has 90 valence electrons. The van der Waals surface area contributed by atoms with Crippen LogP contribution < -0.4 is 5.73 Å². The van der Waals surface area contributed by atoms with Gasteiger partial charge < -0.3 is 5.73 Å². The smallest absolute Gasteiger partial charge is 0.126 e. The Bertz CT molecular complexity index is 737. The zero-order valence-electron chi connectivity index (χ0n) is 9.15. The van der Waals surface area contributed by atoms with Crippen LogP contribution in [-0.4, -0.2) is 4.98 Å². The first-order valence-corrected chi connectivity index (χ1v) is 6.82. The van der Waals surface area contributed by atoms with Crippen LogP contribution in [-0.2, 0) is 0 Å². The van der Waals surface area contributed by atoms with E-state index in [-0.39, 0.29) is 0 Å². The average Bonchev–Trinajstić information content (AvgIpc) is 2.71. The fourth-order valence-corrected chi connectivity index (χ4v) is 3.33. The van der Waals surface area contributed by atoms with Crippen LogP contribution in [0.25, 0.3) is 20.8 Å². The number of fused-ring (bicyclic) bond motifs is 1. The summed E-state index contributed by atoms with van der Waals surface area (Å²) in [5.74, 6) is 0. The Morgan fingerprint density at radius 2 is 1.89 bits per heavy atom. The highest BCUT2D eigenvalue weighted by Crippen LogP contribution is 2.35. The number of halogens is 2. The number of hydrogen-bond acceptors (Lipinski definition) is 3. The fraction of sp³-hybridized carbons (Fsp3) is 0. The van der Waals surface area contributed by atoms with Crippen molar-refractivity contribution in [2.75, 3.05) is 5.73 Å². The predicted molar refractivity (Wildman–Crippen MR) is 79.5 cm³/mol. The number of rotatable bonds is 1. The molecule has 0 saturated carbocycles. The number of hydrogen-bond donors (Lipinski definition) is 1. The molecule has 2 N–H and O–H groups in total. The lowest BCUT2D eigenvalue weighted by Gasteiger charge is -2.00. The van der Waals surface area contributed by atoms with Crippen LogP contribution in [0.15, 0.2) is 36.4 Å². The molecule has 18 heavy (non-hydrogen) atoms. The summed E-state index contributed by atoms with van der Waals surface area (Å²) >= 11 is 13.7. The lowest BCUT2D eigenvalue weighted by molar-refractivity contribution is 1.48. The maximum atomic E-state index is 6.18. The van der Waals surface area contributed by atoms with Crippen LogP contribution in [0.1, 0.15) is 0 Å². The minimum Gasteiger partial charge on any atom is -0.399 e. The van der Waals surface area contributed by atoms with E-state index in [2.05, 4.69) is 4.98 Å². The van der Waals surface area contributed by atoms with Gasteiger partial charge in [0.2, 0.25) is 0 Å². The van der Waals surface area contributed by atoms with E-state index in [0.29, 0.717) is 15.7 Å². The van der Waals surface area contributed by atoms with E-state index in [1.54, 1.807) is 17.4 Å². The van der Waals surface area contributed by atoms with Crippen LogP contribution in [0.5, 0.6) is 0 Å². The van der Waals surface area contributed by atoms with Crippen LogP contribution in [0, 0.1) is 0 Å². The second-order valence-corrected chi connectivity index (χ2v) is 5.74. The zero-order chi connectivity index (χ0) is 12.7. The van der Waals surface area contributed by atoms with Crippen LogP contribution >= 0.6 is 34.5 Å². The summed E-state index contributed by atoms with van der Waals surface area (Å²) in [7, 11) is 0. The summed E-state index contributed by atoms with van der Waals surface area (Å²) in [6.45, 7) is 0. The first kappa shape index (κ1) is 11.8. The Balaban J connectivity index is 2.19. The number of nitrogens with two attached hydrogens (primary N) is 1. The Hall–Kier alpha value is -1.29. The van der Waals surface area contributed by atoms with E-state index >= 15 is 0 Å². The number of aromatic nitrogens is 1. The van der Waals surface area contributed by atoms with Crippen molar-refractivity contribution in [2.24, 2.45) is 0 Å². The number of nitrogens with zero attached hydrogens (tertiary/aromatic N) is 1. The third-order valence-corrected chi connectivity index (χ3v) is 4.17. The van der Waals surface area contributed by atoms with E-state index in [4.69, 9.17) is 28.9 Å². The molecule has 0 saturated heterocycles. The minimum atomic E-state index is 0.611. The molecule has 0 unspecified atom stereocenters. The summed E-state index contributed by atoms with van der Waals surface area (Å²) < 4.78 is 1.05. The van der Waals surface area contributed by atoms with Gasteiger partial charge in [0.25, 0.3) is 0 Å². The van der Waals surface area contributed by atoms with Gasteiger partial charge in [-0.3, -0.25) is 0 Å². The maximum Gasteiger partial charge on any atom is 0.126 e. The number of anilines is 1. The van der Waals surface area contributed by atoms with Gasteiger partial charge in [0, 0.05) is 16.3 Å². The van der Waals surface area contributed by atoms with Gasteiger partial charge in [-0.1, -0.05) is 23.2 Å². The van der Waals surface area contributed by atoms with Crippen molar-refractivity contribution < 1.29 is 0 Å². The normalized spacial score (nSPS) is 11.0. The van der Waals surface area contributed by atoms with Crippen molar-refractivity contribution in [1.29, 1.82) is 0 Å². The molecule has 0 aliphatic carbocycles. The molecule has 0 fully saturated rings.